The van der Waals surface area contributed by atoms with Gasteiger partial charge in [0.25, 0.3) is 0 Å². The van der Waals surface area contributed by atoms with Crippen molar-refractivity contribution in [3.8, 4) is 0 Å². The molecule has 3 heterocycles. The second kappa shape index (κ2) is 9.43. The molecule has 1 saturated heterocycles. The van der Waals surface area contributed by atoms with Crippen LogP contribution in [0.2, 0.25) is 5.02 Å². The number of aliphatic hydroxyl groups is 2. The van der Waals surface area contributed by atoms with E-state index in [0.717, 1.165) is 30.2 Å². The van der Waals surface area contributed by atoms with Crippen LogP contribution in [0.15, 0.2) is 36.9 Å². The van der Waals surface area contributed by atoms with Crippen molar-refractivity contribution in [2.24, 2.45) is 0 Å². The first-order valence-corrected chi connectivity index (χ1v) is 10.4. The van der Waals surface area contributed by atoms with Crippen molar-refractivity contribution in [3.63, 3.8) is 0 Å². The highest BCUT2D eigenvalue weighted by Crippen LogP contribution is 2.32. The van der Waals surface area contributed by atoms with Gasteiger partial charge in [0.1, 0.15) is 30.2 Å². The van der Waals surface area contributed by atoms with Gasteiger partial charge >= 0.3 is 0 Å². The van der Waals surface area contributed by atoms with E-state index in [1.807, 2.05) is 36.2 Å². The van der Waals surface area contributed by atoms with Crippen molar-refractivity contribution in [1.29, 1.82) is 0 Å². The molecule has 1 aliphatic heterocycles. The van der Waals surface area contributed by atoms with Crippen molar-refractivity contribution in [2.45, 2.75) is 31.1 Å². The lowest BCUT2D eigenvalue weighted by Crippen LogP contribution is -2.40. The summed E-state index contributed by atoms with van der Waals surface area (Å²) in [6.45, 7) is 2.71. The number of imidazole rings is 1. The standard InChI is InChI=1S/C20H26ClN7O3/c1-27(7-6-23-8-12-2-4-13(21)5-3-12)9-14-16(29)17(30)20(31-14)28-11-26-15-18(22)24-10-25-19(15)28/h2-5,10-11,14,16-17,20,23,29-30H,6-9H2,1H3,(H2,22,24,25)/t14-,16-,17-,20-/m1/s1. The number of hydrogen-bond acceptors (Lipinski definition) is 9. The molecule has 0 aliphatic carbocycles. The third kappa shape index (κ3) is 4.79. The number of halogens is 1. The number of nitrogens with two attached hydrogens (primary N) is 1. The Morgan fingerprint density at radius 3 is 2.74 bits per heavy atom. The smallest absolute Gasteiger partial charge is 0.167 e. The molecular weight excluding hydrogens is 422 g/mol. The largest absolute Gasteiger partial charge is 0.387 e. The Labute approximate surface area is 184 Å². The van der Waals surface area contributed by atoms with E-state index in [9.17, 15) is 10.2 Å². The van der Waals surface area contributed by atoms with Crippen LogP contribution in [0.1, 0.15) is 11.8 Å². The molecule has 166 valence electrons. The number of nitrogen functional groups attached to an aromatic ring is 1. The average Bonchev–Trinajstić information content (AvgIpc) is 3.30. The van der Waals surface area contributed by atoms with Gasteiger partial charge in [0.05, 0.1) is 6.33 Å². The van der Waals surface area contributed by atoms with Crippen molar-refractivity contribution < 1.29 is 14.9 Å². The average molecular weight is 448 g/mol. The van der Waals surface area contributed by atoms with Crippen LogP contribution in [0.3, 0.4) is 0 Å². The van der Waals surface area contributed by atoms with E-state index in [1.165, 1.54) is 12.7 Å². The highest BCUT2D eigenvalue weighted by atomic mass is 35.5. The topological polar surface area (TPSA) is 135 Å². The third-order valence-electron chi connectivity index (χ3n) is 5.40. The van der Waals surface area contributed by atoms with E-state index in [4.69, 9.17) is 22.1 Å². The number of nitrogens with zero attached hydrogens (tertiary/aromatic N) is 5. The lowest BCUT2D eigenvalue weighted by molar-refractivity contribution is -0.0420. The first-order valence-electron chi connectivity index (χ1n) is 10.0. The highest BCUT2D eigenvalue weighted by Gasteiger charge is 2.44. The van der Waals surface area contributed by atoms with Gasteiger partial charge in [-0.2, -0.15) is 0 Å². The summed E-state index contributed by atoms with van der Waals surface area (Å²) in [5, 5.41) is 25.2. The molecule has 10 nitrogen and oxygen atoms in total. The Bertz CT molecular complexity index is 1020. The Morgan fingerprint density at radius 2 is 1.97 bits per heavy atom. The summed E-state index contributed by atoms with van der Waals surface area (Å²) in [6.07, 6.45) is -0.700. The van der Waals surface area contributed by atoms with E-state index in [1.54, 1.807) is 4.57 Å². The molecule has 0 bridgehead atoms. The molecule has 0 radical (unpaired) electrons. The van der Waals surface area contributed by atoms with Crippen LogP contribution in [0.4, 0.5) is 5.82 Å². The molecule has 0 saturated carbocycles. The van der Waals surface area contributed by atoms with Gasteiger partial charge in [0, 0.05) is 31.2 Å². The van der Waals surface area contributed by atoms with E-state index in [2.05, 4.69) is 20.3 Å². The fraction of sp³-hybridized carbons (Fsp3) is 0.450. The van der Waals surface area contributed by atoms with Crippen LogP contribution in [0.5, 0.6) is 0 Å². The number of fused-ring (bicyclic) bond motifs is 1. The molecule has 31 heavy (non-hydrogen) atoms. The Hall–Kier alpha value is -2.34. The molecule has 1 aromatic carbocycles. The van der Waals surface area contributed by atoms with Gasteiger partial charge in [0.15, 0.2) is 17.7 Å². The molecular formula is C20H26ClN7O3. The van der Waals surface area contributed by atoms with Crippen LogP contribution in [-0.4, -0.2) is 79.6 Å². The summed E-state index contributed by atoms with van der Waals surface area (Å²) in [7, 11) is 1.94. The number of anilines is 1. The number of rotatable bonds is 8. The summed E-state index contributed by atoms with van der Waals surface area (Å²) >= 11 is 5.90. The molecule has 2 aromatic heterocycles. The quantitative estimate of drug-likeness (QED) is 0.362. The van der Waals surface area contributed by atoms with Crippen LogP contribution in [0.25, 0.3) is 11.2 Å². The van der Waals surface area contributed by atoms with Crippen LogP contribution >= 0.6 is 11.6 Å². The van der Waals surface area contributed by atoms with E-state index >= 15 is 0 Å². The number of aliphatic hydroxyl groups excluding tert-OH is 2. The van der Waals surface area contributed by atoms with Gasteiger partial charge in [-0.1, -0.05) is 23.7 Å². The molecule has 3 aromatic rings. The zero-order valence-electron chi connectivity index (χ0n) is 17.1. The minimum atomic E-state index is -1.12. The lowest BCUT2D eigenvalue weighted by atomic mass is 10.1. The normalized spacial score (nSPS) is 23.8. The molecule has 1 fully saturated rings. The van der Waals surface area contributed by atoms with Gasteiger partial charge in [-0.15, -0.1) is 0 Å². The Morgan fingerprint density at radius 1 is 1.19 bits per heavy atom. The molecule has 1 aliphatic rings. The zero-order chi connectivity index (χ0) is 22.0. The number of nitrogens with one attached hydrogen (secondary N) is 1. The van der Waals surface area contributed by atoms with E-state index in [0.29, 0.717) is 17.7 Å². The SMILES string of the molecule is CN(CCNCc1ccc(Cl)cc1)C[C@H]1O[C@@H](n2cnc3c(N)ncnc32)[C@H](O)[C@@H]1O. The molecule has 4 rings (SSSR count). The van der Waals surface area contributed by atoms with Gasteiger partial charge < -0.3 is 30.9 Å². The van der Waals surface area contributed by atoms with Gasteiger partial charge in [0.2, 0.25) is 0 Å². The first kappa shape index (κ1) is 21.9. The van der Waals surface area contributed by atoms with Crippen molar-refractivity contribution in [1.82, 2.24) is 29.7 Å². The van der Waals surface area contributed by atoms with Gasteiger partial charge in [-0.25, -0.2) is 15.0 Å². The Kier molecular flexibility index (Phi) is 6.65. The van der Waals surface area contributed by atoms with Gasteiger partial charge in [-0.3, -0.25) is 4.57 Å². The maximum absolute atomic E-state index is 10.6. The van der Waals surface area contributed by atoms with Crippen molar-refractivity contribution in [2.75, 3.05) is 32.4 Å². The fourth-order valence-electron chi connectivity index (χ4n) is 3.67. The molecule has 4 atom stereocenters. The molecule has 0 spiro atoms. The summed E-state index contributed by atoms with van der Waals surface area (Å²) in [5.41, 5.74) is 7.86. The second-order valence-electron chi connectivity index (χ2n) is 7.69. The predicted molar refractivity (Wildman–Crippen MR) is 116 cm³/mol. The second-order valence-corrected chi connectivity index (χ2v) is 8.13. The minimum Gasteiger partial charge on any atom is -0.387 e. The fourth-order valence-corrected chi connectivity index (χ4v) is 3.80. The van der Waals surface area contributed by atoms with E-state index < -0.39 is 24.5 Å². The number of benzene rings is 1. The maximum atomic E-state index is 10.6. The summed E-state index contributed by atoms with van der Waals surface area (Å²) in [4.78, 5) is 14.3. The summed E-state index contributed by atoms with van der Waals surface area (Å²) < 4.78 is 7.56. The van der Waals surface area contributed by atoms with Crippen LogP contribution < -0.4 is 11.1 Å². The van der Waals surface area contributed by atoms with E-state index in [-0.39, 0.29) is 5.82 Å². The van der Waals surface area contributed by atoms with Gasteiger partial charge in [-0.05, 0) is 24.7 Å². The number of ether oxygens (including phenoxy) is 1. The summed E-state index contributed by atoms with van der Waals surface area (Å²) in [6, 6.07) is 7.72. The molecule has 0 amide bonds. The van der Waals surface area contributed by atoms with Crippen molar-refractivity contribution in [3.05, 3.63) is 47.5 Å². The van der Waals surface area contributed by atoms with Crippen LogP contribution in [0, 0.1) is 0 Å². The van der Waals surface area contributed by atoms with Crippen molar-refractivity contribution >= 4 is 28.6 Å². The number of likely N-dealkylation sites (N-methyl/N-ethyl adjacent to an activating group) is 1. The molecule has 0 unspecified atom stereocenters. The van der Waals surface area contributed by atoms with Crippen LogP contribution in [-0.2, 0) is 11.3 Å². The zero-order valence-corrected chi connectivity index (χ0v) is 17.9. The predicted octanol–water partition coefficient (Wildman–Crippen LogP) is 0.403. The monoisotopic (exact) mass is 447 g/mol. The molecule has 11 heteroatoms. The first-order chi connectivity index (χ1) is 14.9. The summed E-state index contributed by atoms with van der Waals surface area (Å²) in [5.74, 6) is 0.249. The highest BCUT2D eigenvalue weighted by molar-refractivity contribution is 6.30. The third-order valence-corrected chi connectivity index (χ3v) is 5.65. The maximum Gasteiger partial charge on any atom is 0.167 e. The number of hydrogen-bond donors (Lipinski definition) is 4. The number of aromatic nitrogens is 4. The lowest BCUT2D eigenvalue weighted by Gasteiger charge is -2.23. The minimum absolute atomic E-state index is 0.249. The Balaban J connectivity index is 1.30. The molecule has 5 N–H and O–H groups in total.